The Morgan fingerprint density at radius 1 is 1.58 bits per heavy atom. The molecule has 1 aromatic rings. The molecule has 1 unspecified atom stereocenters. The number of nitrogens with zero attached hydrogens (tertiary/aromatic N) is 1. The van der Waals surface area contributed by atoms with E-state index in [9.17, 15) is 13.2 Å². The highest BCUT2D eigenvalue weighted by atomic mass is 32.2. The number of nitrogens with one attached hydrogen (secondary N) is 1. The van der Waals surface area contributed by atoms with E-state index in [1.165, 1.54) is 23.9 Å². The van der Waals surface area contributed by atoms with Gasteiger partial charge >= 0.3 is 5.97 Å². The molecule has 1 aliphatic heterocycles. The van der Waals surface area contributed by atoms with Crippen LogP contribution in [0.1, 0.15) is 23.3 Å². The van der Waals surface area contributed by atoms with Gasteiger partial charge in [0.15, 0.2) is 0 Å². The van der Waals surface area contributed by atoms with Crippen LogP contribution in [0.5, 0.6) is 0 Å². The quantitative estimate of drug-likeness (QED) is 0.862. The summed E-state index contributed by atoms with van der Waals surface area (Å²) in [6, 6.07) is 1.11. The molecule has 19 heavy (non-hydrogen) atoms. The summed E-state index contributed by atoms with van der Waals surface area (Å²) in [6.45, 7) is 0. The highest BCUT2D eigenvalue weighted by molar-refractivity contribution is 7.99. The number of carboxylic acid groups (broad SMARTS) is 1. The van der Waals surface area contributed by atoms with Crippen molar-refractivity contribution in [3.63, 3.8) is 0 Å². The van der Waals surface area contributed by atoms with E-state index < -0.39 is 16.0 Å². The number of carboxylic acids is 1. The second-order valence-electron chi connectivity index (χ2n) is 4.51. The molecule has 8 heteroatoms. The van der Waals surface area contributed by atoms with E-state index >= 15 is 0 Å². The molecule has 2 rings (SSSR count). The van der Waals surface area contributed by atoms with Gasteiger partial charge in [-0.2, -0.15) is 11.8 Å². The number of hydrogen-bond acceptors (Lipinski definition) is 4. The van der Waals surface area contributed by atoms with Gasteiger partial charge in [-0.25, -0.2) is 17.9 Å². The Morgan fingerprint density at radius 3 is 2.84 bits per heavy atom. The van der Waals surface area contributed by atoms with E-state index in [2.05, 4.69) is 4.72 Å². The van der Waals surface area contributed by atoms with Gasteiger partial charge in [-0.05, 0) is 24.7 Å². The monoisotopic (exact) mass is 304 g/mol. The van der Waals surface area contributed by atoms with Gasteiger partial charge in [0.25, 0.3) is 0 Å². The predicted molar refractivity (Wildman–Crippen MR) is 73.0 cm³/mol. The third-order valence-electron chi connectivity index (χ3n) is 2.99. The van der Waals surface area contributed by atoms with Crippen LogP contribution in [0, 0.1) is 0 Å². The van der Waals surface area contributed by atoms with Crippen molar-refractivity contribution in [2.75, 3.05) is 11.5 Å². The molecule has 1 aliphatic rings. The molecule has 0 saturated carbocycles. The first-order valence-electron chi connectivity index (χ1n) is 5.90. The maximum absolute atomic E-state index is 12.2. The summed E-state index contributed by atoms with van der Waals surface area (Å²) in [5.41, 5.74) is -0.0432. The number of aromatic carboxylic acids is 1. The predicted octanol–water partition coefficient (Wildman–Crippen LogP) is 0.897. The molecule has 0 amide bonds. The minimum Gasteiger partial charge on any atom is -0.477 e. The van der Waals surface area contributed by atoms with Crippen molar-refractivity contribution in [3.05, 3.63) is 18.0 Å². The fraction of sp³-hybridized carbons (Fsp3) is 0.545. The van der Waals surface area contributed by atoms with Gasteiger partial charge in [-0.1, -0.05) is 0 Å². The molecular weight excluding hydrogens is 288 g/mol. The van der Waals surface area contributed by atoms with E-state index in [-0.39, 0.29) is 16.6 Å². The summed E-state index contributed by atoms with van der Waals surface area (Å²) < 4.78 is 28.3. The van der Waals surface area contributed by atoms with Gasteiger partial charge in [-0.3, -0.25) is 0 Å². The molecule has 106 valence electrons. The normalized spacial score (nSPS) is 20.4. The maximum Gasteiger partial charge on any atom is 0.352 e. The van der Waals surface area contributed by atoms with Crippen LogP contribution in [-0.2, 0) is 17.1 Å². The number of carbonyl (C=O) groups is 1. The Kier molecular flexibility index (Phi) is 4.22. The van der Waals surface area contributed by atoms with Crippen LogP contribution in [0.2, 0.25) is 0 Å². The van der Waals surface area contributed by atoms with Crippen LogP contribution in [0.4, 0.5) is 0 Å². The minimum atomic E-state index is -3.64. The van der Waals surface area contributed by atoms with E-state index in [0.717, 1.165) is 24.3 Å². The van der Waals surface area contributed by atoms with Crippen molar-refractivity contribution in [2.24, 2.45) is 7.05 Å². The average molecular weight is 304 g/mol. The lowest BCUT2D eigenvalue weighted by Crippen LogP contribution is -2.38. The molecule has 1 aromatic heterocycles. The molecule has 0 spiro atoms. The van der Waals surface area contributed by atoms with Crippen molar-refractivity contribution >= 4 is 27.8 Å². The molecule has 2 heterocycles. The fourth-order valence-electron chi connectivity index (χ4n) is 2.01. The number of sulfonamides is 1. The van der Waals surface area contributed by atoms with Gasteiger partial charge in [0.05, 0.1) is 0 Å². The second kappa shape index (κ2) is 5.56. The standard InChI is InChI=1S/C11H16N2O4S2/c1-13-6-9(5-10(13)11(14)15)19(16,17)12-8-3-2-4-18-7-8/h5-6,8,12H,2-4,7H2,1H3,(H,14,15). The second-order valence-corrected chi connectivity index (χ2v) is 7.38. The van der Waals surface area contributed by atoms with Crippen molar-refractivity contribution in [1.82, 2.24) is 9.29 Å². The topological polar surface area (TPSA) is 88.4 Å². The van der Waals surface area contributed by atoms with Crippen LogP contribution < -0.4 is 4.72 Å². The summed E-state index contributed by atoms with van der Waals surface area (Å²) in [4.78, 5) is 10.9. The highest BCUT2D eigenvalue weighted by Crippen LogP contribution is 2.20. The number of aryl methyl sites for hydroxylation is 1. The van der Waals surface area contributed by atoms with Crippen molar-refractivity contribution < 1.29 is 18.3 Å². The Balaban J connectivity index is 2.19. The van der Waals surface area contributed by atoms with E-state index in [0.29, 0.717) is 0 Å². The molecule has 1 atom stereocenters. The van der Waals surface area contributed by atoms with Crippen molar-refractivity contribution in [3.8, 4) is 0 Å². The first kappa shape index (κ1) is 14.4. The lowest BCUT2D eigenvalue weighted by atomic mass is 10.2. The summed E-state index contributed by atoms with van der Waals surface area (Å²) in [6.07, 6.45) is 3.14. The zero-order chi connectivity index (χ0) is 14.0. The van der Waals surface area contributed by atoms with Crippen LogP contribution in [0.15, 0.2) is 17.2 Å². The first-order valence-corrected chi connectivity index (χ1v) is 8.53. The first-order chi connectivity index (χ1) is 8.90. The van der Waals surface area contributed by atoms with Crippen LogP contribution >= 0.6 is 11.8 Å². The largest absolute Gasteiger partial charge is 0.477 e. The zero-order valence-electron chi connectivity index (χ0n) is 10.5. The zero-order valence-corrected chi connectivity index (χ0v) is 12.1. The third kappa shape index (κ3) is 3.31. The smallest absolute Gasteiger partial charge is 0.352 e. The summed E-state index contributed by atoms with van der Waals surface area (Å²) in [5, 5.41) is 8.93. The van der Waals surface area contributed by atoms with Gasteiger partial charge < -0.3 is 9.67 Å². The van der Waals surface area contributed by atoms with Gasteiger partial charge in [0.1, 0.15) is 10.6 Å². The number of rotatable bonds is 4. The number of thioether (sulfide) groups is 1. The van der Waals surface area contributed by atoms with Crippen LogP contribution in [0.25, 0.3) is 0 Å². The van der Waals surface area contributed by atoms with E-state index in [4.69, 9.17) is 5.11 Å². The Labute approximate surface area is 116 Å². The van der Waals surface area contributed by atoms with E-state index in [1.54, 1.807) is 11.8 Å². The molecule has 0 aliphatic carbocycles. The SMILES string of the molecule is Cn1cc(S(=O)(=O)NC2CCCSC2)cc1C(=O)O. The molecule has 0 radical (unpaired) electrons. The fourth-order valence-corrected chi connectivity index (χ4v) is 4.53. The molecule has 1 fully saturated rings. The van der Waals surface area contributed by atoms with Crippen LogP contribution in [0.3, 0.4) is 0 Å². The Hall–Kier alpha value is -0.990. The Morgan fingerprint density at radius 2 is 2.32 bits per heavy atom. The maximum atomic E-state index is 12.2. The van der Waals surface area contributed by atoms with Gasteiger partial charge in [-0.15, -0.1) is 0 Å². The molecule has 2 N–H and O–H groups in total. The van der Waals surface area contributed by atoms with E-state index in [1.807, 2.05) is 0 Å². The average Bonchev–Trinajstić information content (AvgIpc) is 2.73. The van der Waals surface area contributed by atoms with Crippen molar-refractivity contribution in [2.45, 2.75) is 23.8 Å². The van der Waals surface area contributed by atoms with Gasteiger partial charge in [0, 0.05) is 25.0 Å². The minimum absolute atomic E-state index is 0.00275. The Bertz CT molecular complexity index is 574. The lowest BCUT2D eigenvalue weighted by molar-refractivity contribution is 0.0686. The number of aromatic nitrogens is 1. The molecular formula is C11H16N2O4S2. The molecule has 6 nitrogen and oxygen atoms in total. The third-order valence-corrected chi connectivity index (χ3v) is 5.69. The van der Waals surface area contributed by atoms with Crippen molar-refractivity contribution in [1.29, 1.82) is 0 Å². The highest BCUT2D eigenvalue weighted by Gasteiger charge is 2.24. The summed E-state index contributed by atoms with van der Waals surface area (Å²) in [5.74, 6) is 0.682. The van der Waals surface area contributed by atoms with Gasteiger partial charge in [0.2, 0.25) is 10.0 Å². The summed E-state index contributed by atoms with van der Waals surface area (Å²) >= 11 is 1.73. The molecule has 0 aromatic carbocycles. The molecule has 1 saturated heterocycles. The summed E-state index contributed by atoms with van der Waals surface area (Å²) in [7, 11) is -2.13. The molecule has 0 bridgehead atoms. The van der Waals surface area contributed by atoms with Crippen LogP contribution in [-0.4, -0.2) is 41.6 Å². The lowest BCUT2D eigenvalue weighted by Gasteiger charge is -2.21. The number of hydrogen-bond donors (Lipinski definition) is 2.